The van der Waals surface area contributed by atoms with Crippen molar-refractivity contribution in [1.29, 1.82) is 0 Å². The van der Waals surface area contributed by atoms with Gasteiger partial charge in [-0.05, 0) is 42.2 Å². The Hall–Kier alpha value is -1.74. The van der Waals surface area contributed by atoms with Crippen molar-refractivity contribution < 1.29 is 13.9 Å². The van der Waals surface area contributed by atoms with Crippen LogP contribution < -0.4 is 0 Å². The smallest absolute Gasteiger partial charge is 0.126 e. The molecule has 1 unspecified atom stereocenters. The van der Waals surface area contributed by atoms with Crippen molar-refractivity contribution in [3.05, 3.63) is 70.8 Å². The van der Waals surface area contributed by atoms with Crippen LogP contribution >= 0.6 is 0 Å². The lowest BCUT2D eigenvalue weighted by Gasteiger charge is -2.17. The van der Waals surface area contributed by atoms with Crippen LogP contribution in [-0.4, -0.2) is 11.7 Å². The van der Waals surface area contributed by atoms with Crippen molar-refractivity contribution in [1.82, 2.24) is 0 Å². The van der Waals surface area contributed by atoms with E-state index in [1.165, 1.54) is 12.1 Å². The molecule has 0 saturated heterocycles. The van der Waals surface area contributed by atoms with Crippen LogP contribution in [0.1, 0.15) is 22.6 Å². The number of hydrogen-bond acceptors (Lipinski definition) is 1. The second-order valence-corrected chi connectivity index (χ2v) is 4.72. The lowest BCUT2D eigenvalue weighted by molar-refractivity contribution is 0.264. The van der Waals surface area contributed by atoms with Gasteiger partial charge in [0.25, 0.3) is 0 Å². The Morgan fingerprint density at radius 3 is 2.26 bits per heavy atom. The summed E-state index contributed by atoms with van der Waals surface area (Å²) in [6.45, 7) is 1.91. The molecule has 1 atom stereocenters. The van der Waals surface area contributed by atoms with Crippen molar-refractivity contribution >= 4 is 0 Å². The first-order chi connectivity index (χ1) is 9.10. The minimum Gasteiger partial charge on any atom is -0.396 e. The van der Waals surface area contributed by atoms with E-state index in [0.29, 0.717) is 12.0 Å². The lowest BCUT2D eigenvalue weighted by atomic mass is 9.90. The number of aryl methyl sites for hydroxylation is 1. The van der Waals surface area contributed by atoms with Gasteiger partial charge in [0.05, 0.1) is 6.61 Å². The number of rotatable bonds is 4. The first-order valence-corrected chi connectivity index (χ1v) is 6.21. The minimum absolute atomic E-state index is 0.0526. The van der Waals surface area contributed by atoms with Crippen LogP contribution in [0.4, 0.5) is 8.78 Å². The Bertz CT molecular complexity index is 546. The first kappa shape index (κ1) is 13.7. The van der Waals surface area contributed by atoms with Crippen LogP contribution in [0.2, 0.25) is 0 Å². The molecule has 0 aromatic heterocycles. The Labute approximate surface area is 111 Å². The Morgan fingerprint density at radius 1 is 1.05 bits per heavy atom. The van der Waals surface area contributed by atoms with E-state index in [1.807, 2.05) is 31.2 Å². The van der Waals surface area contributed by atoms with E-state index in [1.54, 1.807) is 0 Å². The number of aliphatic hydroxyl groups excluding tert-OH is 1. The maximum absolute atomic E-state index is 13.2. The van der Waals surface area contributed by atoms with Gasteiger partial charge < -0.3 is 5.11 Å². The topological polar surface area (TPSA) is 20.2 Å². The van der Waals surface area contributed by atoms with Crippen LogP contribution in [0.25, 0.3) is 0 Å². The van der Waals surface area contributed by atoms with Gasteiger partial charge in [-0.1, -0.05) is 24.3 Å². The van der Waals surface area contributed by atoms with Crippen LogP contribution in [0.5, 0.6) is 0 Å². The third-order valence-electron chi connectivity index (χ3n) is 3.25. The van der Waals surface area contributed by atoms with Crippen molar-refractivity contribution in [2.75, 3.05) is 6.61 Å². The predicted octanol–water partition coefficient (Wildman–Crippen LogP) is 3.59. The summed E-state index contributed by atoms with van der Waals surface area (Å²) < 4.78 is 26.3. The molecule has 2 rings (SSSR count). The third kappa shape index (κ3) is 3.38. The van der Waals surface area contributed by atoms with Crippen molar-refractivity contribution in [3.8, 4) is 0 Å². The summed E-state index contributed by atoms with van der Waals surface area (Å²) in [5, 5.41) is 9.52. The molecule has 0 aliphatic rings. The molecule has 3 heteroatoms. The van der Waals surface area contributed by atoms with Crippen LogP contribution in [-0.2, 0) is 6.42 Å². The van der Waals surface area contributed by atoms with Crippen molar-refractivity contribution in [2.45, 2.75) is 19.3 Å². The molecule has 1 N–H and O–H groups in total. The minimum atomic E-state index is -0.587. The standard InChI is InChI=1S/C16H16F2O/c1-11-4-2-3-5-16(11)13(10-19)6-12-7-14(17)9-15(18)8-12/h2-5,7-9,13,19H,6,10H2,1H3. The summed E-state index contributed by atoms with van der Waals surface area (Å²) in [5.41, 5.74) is 2.63. The fourth-order valence-electron chi connectivity index (χ4n) is 2.33. The van der Waals surface area contributed by atoms with E-state index < -0.39 is 11.6 Å². The summed E-state index contributed by atoms with van der Waals surface area (Å²) in [4.78, 5) is 0. The van der Waals surface area contributed by atoms with Crippen molar-refractivity contribution in [3.63, 3.8) is 0 Å². The van der Waals surface area contributed by atoms with Gasteiger partial charge in [-0.15, -0.1) is 0 Å². The van der Waals surface area contributed by atoms with Crippen LogP contribution in [0.3, 0.4) is 0 Å². The number of hydrogen-bond donors (Lipinski definition) is 1. The van der Waals surface area contributed by atoms with Crippen LogP contribution in [0.15, 0.2) is 42.5 Å². The largest absolute Gasteiger partial charge is 0.396 e. The molecule has 2 aromatic carbocycles. The highest BCUT2D eigenvalue weighted by atomic mass is 19.1. The van der Waals surface area contributed by atoms with Gasteiger partial charge in [0.15, 0.2) is 0 Å². The predicted molar refractivity (Wildman–Crippen MR) is 71.1 cm³/mol. The second kappa shape index (κ2) is 5.93. The molecule has 2 aromatic rings. The monoisotopic (exact) mass is 262 g/mol. The molecular formula is C16H16F2O. The molecule has 0 aliphatic carbocycles. The highest BCUT2D eigenvalue weighted by molar-refractivity contribution is 5.31. The van der Waals surface area contributed by atoms with Gasteiger partial charge in [-0.2, -0.15) is 0 Å². The number of aliphatic hydroxyl groups is 1. The van der Waals surface area contributed by atoms with E-state index in [-0.39, 0.29) is 12.5 Å². The van der Waals surface area contributed by atoms with E-state index >= 15 is 0 Å². The molecule has 0 radical (unpaired) electrons. The molecule has 100 valence electrons. The average Bonchev–Trinajstić information content (AvgIpc) is 2.36. The van der Waals surface area contributed by atoms with E-state index in [4.69, 9.17) is 0 Å². The molecule has 0 spiro atoms. The first-order valence-electron chi connectivity index (χ1n) is 6.21. The maximum Gasteiger partial charge on any atom is 0.126 e. The van der Waals surface area contributed by atoms with E-state index in [0.717, 1.165) is 17.2 Å². The highest BCUT2D eigenvalue weighted by Gasteiger charge is 2.14. The molecule has 0 bridgehead atoms. The van der Waals surface area contributed by atoms with E-state index in [9.17, 15) is 13.9 Å². The lowest BCUT2D eigenvalue weighted by Crippen LogP contribution is -2.09. The van der Waals surface area contributed by atoms with Gasteiger partial charge in [0.1, 0.15) is 11.6 Å². The third-order valence-corrected chi connectivity index (χ3v) is 3.25. The quantitative estimate of drug-likeness (QED) is 0.892. The number of halogens is 2. The molecule has 0 amide bonds. The summed E-state index contributed by atoms with van der Waals surface area (Å²) in [7, 11) is 0. The number of benzene rings is 2. The molecule has 0 aliphatic heterocycles. The van der Waals surface area contributed by atoms with Gasteiger partial charge in [0.2, 0.25) is 0 Å². The average molecular weight is 262 g/mol. The van der Waals surface area contributed by atoms with E-state index in [2.05, 4.69) is 0 Å². The normalized spacial score (nSPS) is 12.4. The van der Waals surface area contributed by atoms with Gasteiger partial charge in [-0.25, -0.2) is 8.78 Å². The Balaban J connectivity index is 2.26. The summed E-state index contributed by atoms with van der Waals surface area (Å²) >= 11 is 0. The zero-order valence-corrected chi connectivity index (χ0v) is 10.7. The zero-order chi connectivity index (χ0) is 13.8. The molecule has 19 heavy (non-hydrogen) atoms. The summed E-state index contributed by atoms with van der Waals surface area (Å²) in [6.07, 6.45) is 0.413. The van der Waals surface area contributed by atoms with Gasteiger partial charge in [0, 0.05) is 12.0 Å². The van der Waals surface area contributed by atoms with Gasteiger partial charge >= 0.3 is 0 Å². The second-order valence-electron chi connectivity index (χ2n) is 4.72. The Kier molecular flexibility index (Phi) is 4.27. The van der Waals surface area contributed by atoms with Crippen LogP contribution in [0, 0.1) is 18.6 Å². The maximum atomic E-state index is 13.2. The Morgan fingerprint density at radius 2 is 1.68 bits per heavy atom. The fourth-order valence-corrected chi connectivity index (χ4v) is 2.33. The summed E-state index contributed by atoms with van der Waals surface area (Å²) in [5.74, 6) is -1.32. The molecule has 0 saturated carbocycles. The zero-order valence-electron chi connectivity index (χ0n) is 10.7. The molecule has 0 fully saturated rings. The molecule has 1 nitrogen and oxygen atoms in total. The highest BCUT2D eigenvalue weighted by Crippen LogP contribution is 2.24. The fraction of sp³-hybridized carbons (Fsp3) is 0.250. The van der Waals surface area contributed by atoms with Gasteiger partial charge in [-0.3, -0.25) is 0 Å². The molecular weight excluding hydrogens is 246 g/mol. The molecule has 0 heterocycles. The summed E-state index contributed by atoms with van der Waals surface area (Å²) in [6, 6.07) is 11.2. The SMILES string of the molecule is Cc1ccccc1C(CO)Cc1cc(F)cc(F)c1. The van der Waals surface area contributed by atoms with Crippen molar-refractivity contribution in [2.24, 2.45) is 0 Å².